The lowest BCUT2D eigenvalue weighted by Crippen LogP contribution is -1.97. The highest BCUT2D eigenvalue weighted by Crippen LogP contribution is 2.12. The summed E-state index contributed by atoms with van der Waals surface area (Å²) < 4.78 is 4.91. The lowest BCUT2D eigenvalue weighted by Gasteiger charge is -1.99. The Labute approximate surface area is 69.9 Å². The van der Waals surface area contributed by atoms with Gasteiger partial charge in [0, 0.05) is 10.5 Å². The molecule has 0 aliphatic heterocycles. The largest absolute Gasteiger partial charge is 0.497 e. The second-order valence-electron chi connectivity index (χ2n) is 2.34. The Bertz CT molecular complexity index is 285. The maximum absolute atomic E-state index is 10.1. The third kappa shape index (κ3) is 2.23. The maximum atomic E-state index is 10.1. The van der Waals surface area contributed by atoms with Gasteiger partial charge in [-0.2, -0.15) is 0 Å². The van der Waals surface area contributed by atoms with E-state index in [0.717, 1.165) is 0 Å². The fourth-order valence-corrected chi connectivity index (χ4v) is 0.920. The van der Waals surface area contributed by atoms with Gasteiger partial charge in [-0.3, -0.25) is 10.1 Å². The number of methoxy groups -OCH3 is 1. The van der Waals surface area contributed by atoms with Crippen LogP contribution in [0.1, 0.15) is 5.56 Å². The van der Waals surface area contributed by atoms with Crippen LogP contribution in [0.15, 0.2) is 24.3 Å². The SMILES string of the molecule is COc1cccc(C[N+](=O)[O-])c1. The Kier molecular flexibility index (Phi) is 2.63. The molecule has 1 aromatic carbocycles. The van der Waals surface area contributed by atoms with Gasteiger partial charge in [0.1, 0.15) is 5.75 Å². The Morgan fingerprint density at radius 3 is 2.92 bits per heavy atom. The fourth-order valence-electron chi connectivity index (χ4n) is 0.920. The van der Waals surface area contributed by atoms with E-state index in [4.69, 9.17) is 4.74 Å². The monoisotopic (exact) mass is 167 g/mol. The minimum absolute atomic E-state index is 0.156. The lowest BCUT2D eigenvalue weighted by atomic mass is 10.2. The minimum Gasteiger partial charge on any atom is -0.497 e. The van der Waals surface area contributed by atoms with Crippen molar-refractivity contribution in [2.75, 3.05) is 7.11 Å². The molecule has 0 heterocycles. The van der Waals surface area contributed by atoms with E-state index in [1.807, 2.05) is 0 Å². The standard InChI is InChI=1S/C8H9NO3/c1-12-8-4-2-3-7(5-8)6-9(10)11/h2-5H,6H2,1H3. The zero-order valence-corrected chi connectivity index (χ0v) is 6.69. The molecule has 0 atom stereocenters. The van der Waals surface area contributed by atoms with Crippen molar-refractivity contribution in [3.63, 3.8) is 0 Å². The van der Waals surface area contributed by atoms with Crippen LogP contribution in [-0.2, 0) is 6.54 Å². The number of hydrogen-bond acceptors (Lipinski definition) is 3. The Morgan fingerprint density at radius 1 is 1.58 bits per heavy atom. The Morgan fingerprint density at radius 2 is 2.33 bits per heavy atom. The molecule has 0 bridgehead atoms. The predicted octanol–water partition coefficient (Wildman–Crippen LogP) is 1.47. The van der Waals surface area contributed by atoms with Crippen LogP contribution in [-0.4, -0.2) is 12.0 Å². The predicted molar refractivity (Wildman–Crippen MR) is 43.7 cm³/mol. The molecule has 1 rings (SSSR count). The first kappa shape index (κ1) is 8.52. The average molecular weight is 167 g/mol. The van der Waals surface area contributed by atoms with Gasteiger partial charge in [0.15, 0.2) is 0 Å². The van der Waals surface area contributed by atoms with Crippen molar-refractivity contribution < 1.29 is 9.66 Å². The van der Waals surface area contributed by atoms with Crippen molar-refractivity contribution in [1.82, 2.24) is 0 Å². The van der Waals surface area contributed by atoms with E-state index in [9.17, 15) is 10.1 Å². The fraction of sp³-hybridized carbons (Fsp3) is 0.250. The Hall–Kier alpha value is -1.58. The van der Waals surface area contributed by atoms with Crippen molar-refractivity contribution in [2.45, 2.75) is 6.54 Å². The molecule has 0 aliphatic carbocycles. The van der Waals surface area contributed by atoms with Crippen LogP contribution < -0.4 is 4.74 Å². The molecule has 64 valence electrons. The van der Waals surface area contributed by atoms with Crippen LogP contribution in [0.5, 0.6) is 5.75 Å². The zero-order valence-electron chi connectivity index (χ0n) is 6.69. The molecule has 0 aromatic heterocycles. The summed E-state index contributed by atoms with van der Waals surface area (Å²) in [4.78, 5) is 9.77. The summed E-state index contributed by atoms with van der Waals surface area (Å²) in [7, 11) is 1.53. The number of nitrogens with zero attached hydrogens (tertiary/aromatic N) is 1. The molecule has 0 spiro atoms. The summed E-state index contributed by atoms with van der Waals surface area (Å²) in [5, 5.41) is 10.1. The van der Waals surface area contributed by atoms with Gasteiger partial charge in [0.2, 0.25) is 6.54 Å². The van der Waals surface area contributed by atoms with Gasteiger partial charge in [-0.1, -0.05) is 12.1 Å². The third-order valence-corrected chi connectivity index (χ3v) is 1.45. The van der Waals surface area contributed by atoms with Crippen molar-refractivity contribution >= 4 is 0 Å². The van der Waals surface area contributed by atoms with E-state index < -0.39 is 0 Å². The van der Waals surface area contributed by atoms with Crippen LogP contribution in [0.4, 0.5) is 0 Å². The summed E-state index contributed by atoms with van der Waals surface area (Å²) in [6, 6.07) is 6.84. The zero-order chi connectivity index (χ0) is 8.97. The van der Waals surface area contributed by atoms with Gasteiger partial charge in [0.05, 0.1) is 7.11 Å². The number of ether oxygens (including phenoxy) is 1. The van der Waals surface area contributed by atoms with Crippen LogP contribution in [0.25, 0.3) is 0 Å². The van der Waals surface area contributed by atoms with Gasteiger partial charge < -0.3 is 4.74 Å². The normalized spacial score (nSPS) is 9.42. The first-order chi connectivity index (χ1) is 5.72. The summed E-state index contributed by atoms with van der Waals surface area (Å²) in [6.45, 7) is -0.156. The highest BCUT2D eigenvalue weighted by molar-refractivity contribution is 5.27. The number of rotatable bonds is 3. The number of hydrogen-bond donors (Lipinski definition) is 0. The van der Waals surface area contributed by atoms with Crippen molar-refractivity contribution in [3.8, 4) is 5.75 Å². The second kappa shape index (κ2) is 3.71. The van der Waals surface area contributed by atoms with Gasteiger partial charge in [-0.25, -0.2) is 0 Å². The van der Waals surface area contributed by atoms with E-state index in [2.05, 4.69) is 0 Å². The molecular formula is C8H9NO3. The van der Waals surface area contributed by atoms with E-state index >= 15 is 0 Å². The van der Waals surface area contributed by atoms with Gasteiger partial charge in [-0.05, 0) is 12.1 Å². The molecule has 0 saturated carbocycles. The first-order valence-electron chi connectivity index (χ1n) is 3.47. The number of benzene rings is 1. The van der Waals surface area contributed by atoms with E-state index in [1.165, 1.54) is 7.11 Å². The molecule has 0 radical (unpaired) electrons. The summed E-state index contributed by atoms with van der Waals surface area (Å²) in [6.07, 6.45) is 0. The average Bonchev–Trinajstić information content (AvgIpc) is 2.03. The molecule has 0 amide bonds. The van der Waals surface area contributed by atoms with Crippen LogP contribution in [0.2, 0.25) is 0 Å². The molecule has 0 N–H and O–H groups in total. The molecule has 12 heavy (non-hydrogen) atoms. The quantitative estimate of drug-likeness (QED) is 0.506. The van der Waals surface area contributed by atoms with E-state index in [-0.39, 0.29) is 11.5 Å². The lowest BCUT2D eigenvalue weighted by molar-refractivity contribution is -0.496. The van der Waals surface area contributed by atoms with Gasteiger partial charge >= 0.3 is 0 Å². The van der Waals surface area contributed by atoms with Crippen LogP contribution in [0, 0.1) is 10.1 Å². The summed E-state index contributed by atoms with van der Waals surface area (Å²) in [5.41, 5.74) is 0.652. The molecule has 4 nitrogen and oxygen atoms in total. The van der Waals surface area contributed by atoms with Crippen LogP contribution >= 0.6 is 0 Å². The minimum atomic E-state index is -0.366. The van der Waals surface area contributed by atoms with Gasteiger partial charge in [-0.15, -0.1) is 0 Å². The molecule has 0 aliphatic rings. The van der Waals surface area contributed by atoms with E-state index in [0.29, 0.717) is 11.3 Å². The second-order valence-corrected chi connectivity index (χ2v) is 2.34. The maximum Gasteiger partial charge on any atom is 0.229 e. The molecule has 4 heteroatoms. The first-order valence-corrected chi connectivity index (χ1v) is 3.47. The molecule has 0 saturated heterocycles. The van der Waals surface area contributed by atoms with E-state index in [1.54, 1.807) is 24.3 Å². The molecular weight excluding hydrogens is 158 g/mol. The molecule has 1 aromatic rings. The third-order valence-electron chi connectivity index (χ3n) is 1.45. The summed E-state index contributed by atoms with van der Waals surface area (Å²) >= 11 is 0. The van der Waals surface area contributed by atoms with Crippen molar-refractivity contribution in [3.05, 3.63) is 39.9 Å². The van der Waals surface area contributed by atoms with Crippen molar-refractivity contribution in [1.29, 1.82) is 0 Å². The summed E-state index contributed by atoms with van der Waals surface area (Å²) in [5.74, 6) is 0.648. The smallest absolute Gasteiger partial charge is 0.229 e. The topological polar surface area (TPSA) is 52.4 Å². The highest BCUT2D eigenvalue weighted by Gasteiger charge is 2.01. The van der Waals surface area contributed by atoms with Crippen LogP contribution in [0.3, 0.4) is 0 Å². The highest BCUT2D eigenvalue weighted by atomic mass is 16.6. The molecule has 0 unspecified atom stereocenters. The van der Waals surface area contributed by atoms with Gasteiger partial charge in [0.25, 0.3) is 0 Å². The molecule has 0 fully saturated rings. The number of nitro groups is 1. The van der Waals surface area contributed by atoms with Crippen molar-refractivity contribution in [2.24, 2.45) is 0 Å². The Balaban J connectivity index is 2.79.